The molecule has 0 aliphatic heterocycles. The molecular formula is C12H17BrN2OS. The molecule has 0 bridgehead atoms. The summed E-state index contributed by atoms with van der Waals surface area (Å²) in [5.41, 5.74) is 0.291. The monoisotopic (exact) mass is 316 g/mol. The molecule has 5 heteroatoms. The summed E-state index contributed by atoms with van der Waals surface area (Å²) in [4.78, 5) is 12.7. The van der Waals surface area contributed by atoms with Gasteiger partial charge in [0.05, 0.1) is 8.66 Å². The Kier molecular flexibility index (Phi) is 4.22. The van der Waals surface area contributed by atoms with Gasteiger partial charge >= 0.3 is 0 Å². The molecule has 1 aromatic rings. The van der Waals surface area contributed by atoms with E-state index in [0.29, 0.717) is 5.41 Å². The molecule has 0 aromatic carbocycles. The Bertz CT molecular complexity index is 401. The van der Waals surface area contributed by atoms with E-state index in [-0.39, 0.29) is 5.91 Å². The van der Waals surface area contributed by atoms with Crippen LogP contribution in [0.4, 0.5) is 0 Å². The Morgan fingerprint density at radius 2 is 2.24 bits per heavy atom. The van der Waals surface area contributed by atoms with Gasteiger partial charge in [0.25, 0.3) is 5.91 Å². The van der Waals surface area contributed by atoms with Gasteiger partial charge in [0.1, 0.15) is 0 Å². The number of thiophene rings is 1. The normalized spacial score (nSPS) is 17.5. The molecule has 2 N–H and O–H groups in total. The molecule has 1 aliphatic rings. The van der Waals surface area contributed by atoms with Crippen molar-refractivity contribution in [1.82, 2.24) is 10.6 Å². The summed E-state index contributed by atoms with van der Waals surface area (Å²) in [5, 5.41) is 6.27. The summed E-state index contributed by atoms with van der Waals surface area (Å²) in [6, 6.07) is 3.77. The van der Waals surface area contributed by atoms with E-state index in [9.17, 15) is 4.79 Å². The van der Waals surface area contributed by atoms with E-state index in [0.717, 1.165) is 21.8 Å². The molecular weight excluding hydrogens is 300 g/mol. The van der Waals surface area contributed by atoms with Crippen molar-refractivity contribution in [3.63, 3.8) is 0 Å². The van der Waals surface area contributed by atoms with Crippen molar-refractivity contribution >= 4 is 33.2 Å². The second kappa shape index (κ2) is 5.50. The Balaban J connectivity index is 1.87. The third kappa shape index (κ3) is 3.09. The van der Waals surface area contributed by atoms with Crippen molar-refractivity contribution in [2.24, 2.45) is 5.41 Å². The van der Waals surface area contributed by atoms with Gasteiger partial charge in [-0.25, -0.2) is 0 Å². The smallest absolute Gasteiger partial charge is 0.261 e. The van der Waals surface area contributed by atoms with Gasteiger partial charge in [-0.3, -0.25) is 4.79 Å². The topological polar surface area (TPSA) is 41.1 Å². The van der Waals surface area contributed by atoms with Gasteiger partial charge in [-0.05, 0) is 48.0 Å². The second-order valence-electron chi connectivity index (χ2n) is 4.67. The van der Waals surface area contributed by atoms with E-state index in [2.05, 4.69) is 26.6 Å². The predicted octanol–water partition coefficient (Wildman–Crippen LogP) is 2.63. The van der Waals surface area contributed by atoms with Gasteiger partial charge in [0, 0.05) is 18.5 Å². The van der Waals surface area contributed by atoms with E-state index < -0.39 is 0 Å². The lowest BCUT2D eigenvalue weighted by Gasteiger charge is -2.42. The van der Waals surface area contributed by atoms with Gasteiger partial charge in [-0.15, -0.1) is 11.3 Å². The molecule has 0 atom stereocenters. The lowest BCUT2D eigenvalue weighted by molar-refractivity contribution is 0.0866. The molecule has 0 radical (unpaired) electrons. The minimum Gasteiger partial charge on any atom is -0.351 e. The molecule has 0 spiro atoms. The van der Waals surface area contributed by atoms with Crippen molar-refractivity contribution in [3.05, 3.63) is 20.8 Å². The molecule has 94 valence electrons. The van der Waals surface area contributed by atoms with Gasteiger partial charge in [0.2, 0.25) is 0 Å². The van der Waals surface area contributed by atoms with Gasteiger partial charge < -0.3 is 10.6 Å². The molecule has 1 fully saturated rings. The van der Waals surface area contributed by atoms with E-state index in [1.54, 1.807) is 0 Å². The van der Waals surface area contributed by atoms with Crippen LogP contribution in [0.5, 0.6) is 0 Å². The highest BCUT2D eigenvalue weighted by atomic mass is 79.9. The zero-order chi connectivity index (χ0) is 12.3. The number of rotatable bonds is 5. The lowest BCUT2D eigenvalue weighted by Crippen LogP contribution is -2.47. The number of amides is 1. The van der Waals surface area contributed by atoms with Crippen LogP contribution in [0.1, 0.15) is 28.9 Å². The molecule has 1 aliphatic carbocycles. The molecule has 17 heavy (non-hydrogen) atoms. The first kappa shape index (κ1) is 13.1. The van der Waals surface area contributed by atoms with Crippen molar-refractivity contribution in [3.8, 4) is 0 Å². The first-order chi connectivity index (χ1) is 8.15. The van der Waals surface area contributed by atoms with Crippen LogP contribution in [0.3, 0.4) is 0 Å². The third-order valence-corrected chi connectivity index (χ3v) is 5.01. The molecule has 0 saturated heterocycles. The van der Waals surface area contributed by atoms with Crippen LogP contribution in [-0.4, -0.2) is 26.0 Å². The van der Waals surface area contributed by atoms with Crippen LogP contribution in [0.15, 0.2) is 15.9 Å². The predicted molar refractivity (Wildman–Crippen MR) is 74.6 cm³/mol. The fourth-order valence-electron chi connectivity index (χ4n) is 2.26. The Morgan fingerprint density at radius 3 is 2.71 bits per heavy atom. The minimum absolute atomic E-state index is 0.0445. The highest BCUT2D eigenvalue weighted by Crippen LogP contribution is 2.39. The summed E-state index contributed by atoms with van der Waals surface area (Å²) in [6.45, 7) is 1.77. The molecule has 1 amide bonds. The van der Waals surface area contributed by atoms with E-state index >= 15 is 0 Å². The number of carbonyl (C=O) groups excluding carboxylic acids is 1. The molecule has 0 unspecified atom stereocenters. The maximum absolute atomic E-state index is 11.9. The highest BCUT2D eigenvalue weighted by Gasteiger charge is 2.36. The summed E-state index contributed by atoms with van der Waals surface area (Å²) < 4.78 is 0.997. The highest BCUT2D eigenvalue weighted by molar-refractivity contribution is 9.11. The summed E-state index contributed by atoms with van der Waals surface area (Å²) in [5.74, 6) is 0.0445. The number of hydrogen-bond donors (Lipinski definition) is 2. The van der Waals surface area contributed by atoms with E-state index in [1.165, 1.54) is 30.6 Å². The summed E-state index contributed by atoms with van der Waals surface area (Å²) >= 11 is 4.84. The van der Waals surface area contributed by atoms with Crippen molar-refractivity contribution in [1.29, 1.82) is 0 Å². The molecule has 3 nitrogen and oxygen atoms in total. The van der Waals surface area contributed by atoms with E-state index in [1.807, 2.05) is 19.2 Å². The zero-order valence-electron chi connectivity index (χ0n) is 9.88. The van der Waals surface area contributed by atoms with Crippen molar-refractivity contribution in [2.45, 2.75) is 19.3 Å². The lowest BCUT2D eigenvalue weighted by atomic mass is 9.68. The maximum Gasteiger partial charge on any atom is 0.261 e. The van der Waals surface area contributed by atoms with Crippen LogP contribution in [0.2, 0.25) is 0 Å². The largest absolute Gasteiger partial charge is 0.351 e. The zero-order valence-corrected chi connectivity index (χ0v) is 12.3. The standard InChI is InChI=1S/C12H17BrN2OS/c1-14-7-12(5-2-6-12)8-15-11(16)9-3-4-10(13)17-9/h3-4,14H,2,5-8H2,1H3,(H,15,16). The number of carbonyl (C=O) groups is 1. The fraction of sp³-hybridized carbons (Fsp3) is 0.583. The summed E-state index contributed by atoms with van der Waals surface area (Å²) in [6.07, 6.45) is 3.70. The molecule has 1 saturated carbocycles. The molecule has 1 heterocycles. The minimum atomic E-state index is 0.0445. The van der Waals surface area contributed by atoms with Gasteiger partial charge in [0.15, 0.2) is 0 Å². The maximum atomic E-state index is 11.9. The number of nitrogens with one attached hydrogen (secondary N) is 2. The van der Waals surface area contributed by atoms with E-state index in [4.69, 9.17) is 0 Å². The van der Waals surface area contributed by atoms with Gasteiger partial charge in [-0.2, -0.15) is 0 Å². The summed E-state index contributed by atoms with van der Waals surface area (Å²) in [7, 11) is 1.97. The molecule has 1 aromatic heterocycles. The van der Waals surface area contributed by atoms with Crippen LogP contribution in [-0.2, 0) is 0 Å². The average Bonchev–Trinajstić information content (AvgIpc) is 2.68. The van der Waals surface area contributed by atoms with Gasteiger partial charge in [-0.1, -0.05) is 6.42 Å². The third-order valence-electron chi connectivity index (χ3n) is 3.39. The Hall–Kier alpha value is -0.390. The SMILES string of the molecule is CNCC1(CNC(=O)c2ccc(Br)s2)CCC1. The second-order valence-corrected chi connectivity index (χ2v) is 7.13. The van der Waals surface area contributed by atoms with Crippen molar-refractivity contribution < 1.29 is 4.79 Å². The first-order valence-corrected chi connectivity index (χ1v) is 7.44. The Morgan fingerprint density at radius 1 is 1.47 bits per heavy atom. The van der Waals surface area contributed by atoms with Crippen molar-refractivity contribution in [2.75, 3.05) is 20.1 Å². The number of halogens is 1. The quantitative estimate of drug-likeness (QED) is 0.876. The van der Waals surface area contributed by atoms with Crippen LogP contribution in [0.25, 0.3) is 0 Å². The number of hydrogen-bond acceptors (Lipinski definition) is 3. The molecule has 2 rings (SSSR count). The van der Waals surface area contributed by atoms with Crippen LogP contribution >= 0.6 is 27.3 Å². The van der Waals surface area contributed by atoms with Crippen LogP contribution < -0.4 is 10.6 Å². The van der Waals surface area contributed by atoms with Crippen LogP contribution in [0, 0.1) is 5.41 Å². The average molecular weight is 317 g/mol. The fourth-order valence-corrected chi connectivity index (χ4v) is 3.56. The Labute approximate surface area is 114 Å². The first-order valence-electron chi connectivity index (χ1n) is 5.83.